The van der Waals surface area contributed by atoms with E-state index in [1.54, 1.807) is 6.07 Å². The molecule has 1 aromatic heterocycles. The lowest BCUT2D eigenvalue weighted by Crippen LogP contribution is -2.26. The number of nitrogens with zero attached hydrogens (tertiary/aromatic N) is 2. The van der Waals surface area contributed by atoms with Crippen molar-refractivity contribution in [2.24, 2.45) is 0 Å². The van der Waals surface area contributed by atoms with E-state index < -0.39 is 0 Å². The molecule has 1 heterocycles. The number of amides is 1. The van der Waals surface area contributed by atoms with Gasteiger partial charge in [0.25, 0.3) is 5.91 Å². The van der Waals surface area contributed by atoms with Crippen LogP contribution in [0, 0.1) is 6.92 Å². The lowest BCUT2D eigenvalue weighted by molar-refractivity contribution is 0.0949. The zero-order chi connectivity index (χ0) is 19.1. The maximum absolute atomic E-state index is 12.3. The van der Waals surface area contributed by atoms with E-state index in [4.69, 9.17) is 11.6 Å². The Labute approximate surface area is 163 Å². The molecule has 0 unspecified atom stereocenters. The Morgan fingerprint density at radius 3 is 2.63 bits per heavy atom. The molecule has 2 N–H and O–H groups in total. The van der Waals surface area contributed by atoms with Gasteiger partial charge in [-0.1, -0.05) is 53.6 Å². The third kappa shape index (κ3) is 5.79. The van der Waals surface area contributed by atoms with E-state index in [0.717, 1.165) is 11.1 Å². The quantitative estimate of drug-likeness (QED) is 0.649. The van der Waals surface area contributed by atoms with Crippen LogP contribution in [-0.2, 0) is 13.0 Å². The number of carbonyl (C=O) groups excluding carboxylic acids is 1. The van der Waals surface area contributed by atoms with E-state index >= 15 is 0 Å². The van der Waals surface area contributed by atoms with Gasteiger partial charge in [0.15, 0.2) is 0 Å². The lowest BCUT2D eigenvalue weighted by Gasteiger charge is -2.08. The van der Waals surface area contributed by atoms with Crippen LogP contribution in [0.15, 0.2) is 60.9 Å². The Kier molecular flexibility index (Phi) is 6.39. The Morgan fingerprint density at radius 1 is 1.04 bits per heavy atom. The number of rotatable bonds is 7. The van der Waals surface area contributed by atoms with E-state index in [0.29, 0.717) is 36.0 Å². The zero-order valence-corrected chi connectivity index (χ0v) is 15.8. The number of carbonyl (C=O) groups is 1. The molecule has 0 saturated heterocycles. The lowest BCUT2D eigenvalue weighted by atomic mass is 10.1. The highest BCUT2D eigenvalue weighted by Crippen LogP contribution is 2.11. The standard InChI is InChI=1S/C21H21ClN4O/c1-15-5-7-17(8-6-15)13-24-20-12-19(25-14-26-20)21(27)23-10-9-16-3-2-4-18(22)11-16/h2-8,11-12,14H,9-10,13H2,1H3,(H,23,27)(H,24,25,26). The highest BCUT2D eigenvalue weighted by atomic mass is 35.5. The van der Waals surface area contributed by atoms with E-state index in [9.17, 15) is 4.79 Å². The number of anilines is 1. The summed E-state index contributed by atoms with van der Waals surface area (Å²) in [5, 5.41) is 6.79. The largest absolute Gasteiger partial charge is 0.366 e. The summed E-state index contributed by atoms with van der Waals surface area (Å²) in [6, 6.07) is 17.5. The molecule has 0 spiro atoms. The minimum atomic E-state index is -0.224. The summed E-state index contributed by atoms with van der Waals surface area (Å²) in [5.74, 6) is 0.392. The number of aromatic nitrogens is 2. The zero-order valence-electron chi connectivity index (χ0n) is 15.1. The van der Waals surface area contributed by atoms with Crippen LogP contribution in [0.5, 0.6) is 0 Å². The third-order valence-corrected chi connectivity index (χ3v) is 4.32. The van der Waals surface area contributed by atoms with Gasteiger partial charge < -0.3 is 10.6 Å². The Balaban J connectivity index is 1.52. The van der Waals surface area contributed by atoms with Crippen LogP contribution >= 0.6 is 11.6 Å². The van der Waals surface area contributed by atoms with Crippen molar-refractivity contribution in [3.8, 4) is 0 Å². The topological polar surface area (TPSA) is 66.9 Å². The minimum absolute atomic E-state index is 0.224. The Hall–Kier alpha value is -2.92. The van der Waals surface area contributed by atoms with E-state index in [1.807, 2.05) is 24.3 Å². The van der Waals surface area contributed by atoms with Gasteiger partial charge >= 0.3 is 0 Å². The van der Waals surface area contributed by atoms with Crippen LogP contribution in [0.1, 0.15) is 27.2 Å². The van der Waals surface area contributed by atoms with Gasteiger partial charge in [-0.2, -0.15) is 0 Å². The number of aryl methyl sites for hydroxylation is 1. The number of hydrogen-bond donors (Lipinski definition) is 2. The molecule has 27 heavy (non-hydrogen) atoms. The van der Waals surface area contributed by atoms with Crippen molar-refractivity contribution in [3.05, 3.63) is 88.3 Å². The number of hydrogen-bond acceptors (Lipinski definition) is 4. The SMILES string of the molecule is Cc1ccc(CNc2cc(C(=O)NCCc3cccc(Cl)c3)ncn2)cc1. The van der Waals surface area contributed by atoms with Gasteiger partial charge in [0.1, 0.15) is 17.8 Å². The normalized spacial score (nSPS) is 10.4. The molecule has 138 valence electrons. The van der Waals surface area contributed by atoms with Crippen LogP contribution in [0.3, 0.4) is 0 Å². The molecule has 0 aliphatic rings. The molecule has 0 aliphatic carbocycles. The summed E-state index contributed by atoms with van der Waals surface area (Å²) < 4.78 is 0. The van der Waals surface area contributed by atoms with Crippen molar-refractivity contribution in [1.82, 2.24) is 15.3 Å². The fourth-order valence-electron chi connectivity index (χ4n) is 2.58. The van der Waals surface area contributed by atoms with Crippen LogP contribution in [-0.4, -0.2) is 22.4 Å². The molecule has 0 bridgehead atoms. The molecule has 2 aromatic carbocycles. The van der Waals surface area contributed by atoms with Crippen molar-refractivity contribution in [3.63, 3.8) is 0 Å². The maximum atomic E-state index is 12.3. The van der Waals surface area contributed by atoms with Crippen molar-refractivity contribution < 1.29 is 4.79 Å². The second kappa shape index (κ2) is 9.14. The van der Waals surface area contributed by atoms with Crippen molar-refractivity contribution in [2.45, 2.75) is 19.9 Å². The predicted molar refractivity (Wildman–Crippen MR) is 108 cm³/mol. The van der Waals surface area contributed by atoms with Gasteiger partial charge in [-0.05, 0) is 36.6 Å². The summed E-state index contributed by atoms with van der Waals surface area (Å²) in [6.07, 6.45) is 2.10. The first kappa shape index (κ1) is 18.9. The highest BCUT2D eigenvalue weighted by molar-refractivity contribution is 6.30. The van der Waals surface area contributed by atoms with Crippen LogP contribution in [0.25, 0.3) is 0 Å². The number of halogens is 1. The van der Waals surface area contributed by atoms with Crippen molar-refractivity contribution in [2.75, 3.05) is 11.9 Å². The summed E-state index contributed by atoms with van der Waals surface area (Å²) in [7, 11) is 0. The van der Waals surface area contributed by atoms with Gasteiger partial charge in [0.05, 0.1) is 0 Å². The molecule has 0 saturated carbocycles. The first-order chi connectivity index (χ1) is 13.1. The van der Waals surface area contributed by atoms with Crippen molar-refractivity contribution >= 4 is 23.3 Å². The molecular weight excluding hydrogens is 360 g/mol. The predicted octanol–water partition coefficient (Wildman–Crippen LogP) is 4.02. The van der Waals surface area contributed by atoms with Gasteiger partial charge in [0, 0.05) is 24.2 Å². The maximum Gasteiger partial charge on any atom is 0.270 e. The van der Waals surface area contributed by atoms with Gasteiger partial charge in [0.2, 0.25) is 0 Å². The third-order valence-electron chi connectivity index (χ3n) is 4.08. The van der Waals surface area contributed by atoms with Gasteiger partial charge in [-0.15, -0.1) is 0 Å². The molecule has 0 atom stereocenters. The van der Waals surface area contributed by atoms with E-state index in [2.05, 4.69) is 51.8 Å². The molecule has 0 radical (unpaired) electrons. The molecule has 5 nitrogen and oxygen atoms in total. The monoisotopic (exact) mass is 380 g/mol. The first-order valence-corrected chi connectivity index (χ1v) is 9.12. The Morgan fingerprint density at radius 2 is 1.85 bits per heavy atom. The second-order valence-corrected chi connectivity index (χ2v) is 6.70. The van der Waals surface area contributed by atoms with E-state index in [-0.39, 0.29) is 5.91 Å². The molecular formula is C21H21ClN4O. The fraction of sp³-hybridized carbons (Fsp3) is 0.190. The molecule has 0 fully saturated rings. The average molecular weight is 381 g/mol. The molecule has 6 heteroatoms. The molecule has 1 amide bonds. The van der Waals surface area contributed by atoms with Crippen molar-refractivity contribution in [1.29, 1.82) is 0 Å². The molecule has 3 rings (SSSR count). The average Bonchev–Trinajstić information content (AvgIpc) is 2.68. The van der Waals surface area contributed by atoms with Crippen LogP contribution in [0.4, 0.5) is 5.82 Å². The van der Waals surface area contributed by atoms with Crippen LogP contribution in [0.2, 0.25) is 5.02 Å². The number of nitrogens with one attached hydrogen (secondary N) is 2. The van der Waals surface area contributed by atoms with Gasteiger partial charge in [-0.3, -0.25) is 4.79 Å². The molecule has 3 aromatic rings. The second-order valence-electron chi connectivity index (χ2n) is 6.26. The van der Waals surface area contributed by atoms with E-state index in [1.165, 1.54) is 11.9 Å². The van der Waals surface area contributed by atoms with Gasteiger partial charge in [-0.25, -0.2) is 9.97 Å². The molecule has 0 aliphatic heterocycles. The Bertz CT molecular complexity index is 912. The number of benzene rings is 2. The smallest absolute Gasteiger partial charge is 0.270 e. The summed E-state index contributed by atoms with van der Waals surface area (Å²) in [5.41, 5.74) is 3.78. The minimum Gasteiger partial charge on any atom is -0.366 e. The fourth-order valence-corrected chi connectivity index (χ4v) is 2.79. The highest BCUT2D eigenvalue weighted by Gasteiger charge is 2.08. The summed E-state index contributed by atoms with van der Waals surface area (Å²) >= 11 is 5.97. The summed E-state index contributed by atoms with van der Waals surface area (Å²) in [4.78, 5) is 20.5. The van der Waals surface area contributed by atoms with Crippen LogP contribution < -0.4 is 10.6 Å². The summed E-state index contributed by atoms with van der Waals surface area (Å²) in [6.45, 7) is 3.20. The first-order valence-electron chi connectivity index (χ1n) is 8.74.